The molecular weight excluding hydrogens is 321 g/mol. The van der Waals surface area contributed by atoms with Crippen LogP contribution in [-0.4, -0.2) is 39.2 Å². The molecule has 0 aromatic heterocycles. The molecule has 2 aromatic rings. The first-order valence-electron chi connectivity index (χ1n) is 8.25. The topological polar surface area (TPSA) is 53.6 Å². The Morgan fingerprint density at radius 1 is 1.24 bits per heavy atom. The lowest BCUT2D eigenvalue weighted by molar-refractivity contribution is -0.109. The highest BCUT2D eigenvalue weighted by molar-refractivity contribution is 5.71. The molecule has 2 N–H and O–H groups in total. The third-order valence-corrected chi connectivity index (χ3v) is 4.25. The number of anilines is 4. The number of benzene rings is 2. The Morgan fingerprint density at radius 2 is 2.00 bits per heavy atom. The summed E-state index contributed by atoms with van der Waals surface area (Å²) in [5, 5.41) is 6.40. The SMILES string of the molecule is CNc1ccc(Nc2ccc(N3CC(F)C3)cc2C)cc1OCC=O. The van der Waals surface area contributed by atoms with Gasteiger partial charge in [-0.3, -0.25) is 4.79 Å². The Kier molecular flexibility index (Phi) is 5.07. The summed E-state index contributed by atoms with van der Waals surface area (Å²) in [6.07, 6.45) is 0.00812. The van der Waals surface area contributed by atoms with Gasteiger partial charge in [0.2, 0.25) is 0 Å². The second-order valence-corrected chi connectivity index (χ2v) is 6.07. The summed E-state index contributed by atoms with van der Waals surface area (Å²) in [4.78, 5) is 12.6. The van der Waals surface area contributed by atoms with E-state index in [1.165, 1.54) is 0 Å². The van der Waals surface area contributed by atoms with E-state index in [0.717, 1.165) is 34.6 Å². The fraction of sp³-hybridized carbons (Fsp3) is 0.316. The van der Waals surface area contributed by atoms with Gasteiger partial charge in [0, 0.05) is 30.2 Å². The van der Waals surface area contributed by atoms with Crippen molar-refractivity contribution in [1.29, 1.82) is 0 Å². The number of rotatable bonds is 7. The summed E-state index contributed by atoms with van der Waals surface area (Å²) in [5.41, 5.74) is 4.77. The summed E-state index contributed by atoms with van der Waals surface area (Å²) in [6.45, 7) is 2.96. The Bertz CT molecular complexity index is 760. The average Bonchev–Trinajstić information content (AvgIpc) is 2.59. The van der Waals surface area contributed by atoms with Gasteiger partial charge >= 0.3 is 0 Å². The molecule has 1 fully saturated rings. The van der Waals surface area contributed by atoms with E-state index in [9.17, 15) is 9.18 Å². The van der Waals surface area contributed by atoms with Crippen molar-refractivity contribution in [1.82, 2.24) is 0 Å². The number of carbonyl (C=O) groups is 1. The summed E-state index contributed by atoms with van der Waals surface area (Å²) >= 11 is 0. The largest absolute Gasteiger partial charge is 0.484 e. The zero-order chi connectivity index (χ0) is 17.8. The highest BCUT2D eigenvalue weighted by atomic mass is 19.1. The second kappa shape index (κ2) is 7.42. The van der Waals surface area contributed by atoms with E-state index in [1.807, 2.05) is 42.2 Å². The predicted octanol–water partition coefficient (Wildman–Crippen LogP) is 3.52. The number of hydrogen-bond donors (Lipinski definition) is 2. The molecule has 0 spiro atoms. The molecule has 0 aliphatic carbocycles. The van der Waals surface area contributed by atoms with Crippen LogP contribution in [0.1, 0.15) is 5.56 Å². The third-order valence-electron chi connectivity index (χ3n) is 4.25. The number of nitrogens with zero attached hydrogens (tertiary/aromatic N) is 1. The van der Waals surface area contributed by atoms with Gasteiger partial charge in [-0.15, -0.1) is 0 Å². The van der Waals surface area contributed by atoms with Crippen LogP contribution >= 0.6 is 0 Å². The van der Waals surface area contributed by atoms with Crippen molar-refractivity contribution in [3.8, 4) is 5.75 Å². The zero-order valence-corrected chi connectivity index (χ0v) is 14.4. The lowest BCUT2D eigenvalue weighted by Crippen LogP contribution is -2.48. The van der Waals surface area contributed by atoms with E-state index in [4.69, 9.17) is 4.74 Å². The fourth-order valence-electron chi connectivity index (χ4n) is 2.83. The molecule has 3 rings (SSSR count). The van der Waals surface area contributed by atoms with E-state index in [2.05, 4.69) is 16.7 Å². The molecular formula is C19H22FN3O2. The van der Waals surface area contributed by atoms with Crippen LogP contribution in [0.2, 0.25) is 0 Å². The highest BCUT2D eigenvalue weighted by Gasteiger charge is 2.26. The van der Waals surface area contributed by atoms with Gasteiger partial charge in [-0.1, -0.05) is 0 Å². The second-order valence-electron chi connectivity index (χ2n) is 6.07. The van der Waals surface area contributed by atoms with Crippen molar-refractivity contribution >= 4 is 29.0 Å². The highest BCUT2D eigenvalue weighted by Crippen LogP contribution is 2.32. The molecule has 0 bridgehead atoms. The smallest absolute Gasteiger partial charge is 0.157 e. The van der Waals surface area contributed by atoms with Crippen molar-refractivity contribution in [3.63, 3.8) is 0 Å². The maximum atomic E-state index is 13.0. The van der Waals surface area contributed by atoms with E-state index in [1.54, 1.807) is 7.05 Å². The first-order chi connectivity index (χ1) is 12.1. The Labute approximate surface area is 146 Å². The standard InChI is InChI=1S/C19H22FN3O2/c1-13-9-16(23-11-14(20)12-23)4-6-17(13)22-15-3-5-18(21-2)19(10-15)25-8-7-24/h3-7,9-10,14,21-22H,8,11-12H2,1-2H3. The minimum Gasteiger partial charge on any atom is -0.484 e. The van der Waals surface area contributed by atoms with Gasteiger partial charge in [0.05, 0.1) is 18.8 Å². The normalized spacial score (nSPS) is 14.0. The van der Waals surface area contributed by atoms with Crippen LogP contribution in [0.15, 0.2) is 36.4 Å². The molecule has 0 atom stereocenters. The minimum absolute atomic E-state index is 0.0112. The van der Waals surface area contributed by atoms with Gasteiger partial charge in [-0.25, -0.2) is 4.39 Å². The first-order valence-corrected chi connectivity index (χ1v) is 8.25. The molecule has 25 heavy (non-hydrogen) atoms. The van der Waals surface area contributed by atoms with Gasteiger partial charge in [-0.05, 0) is 42.8 Å². The summed E-state index contributed by atoms with van der Waals surface area (Å²) < 4.78 is 18.5. The molecule has 132 valence electrons. The molecule has 1 heterocycles. The van der Waals surface area contributed by atoms with Gasteiger partial charge in [0.15, 0.2) is 6.29 Å². The molecule has 1 aliphatic heterocycles. The first kappa shape index (κ1) is 17.1. The van der Waals surface area contributed by atoms with E-state index < -0.39 is 6.17 Å². The fourth-order valence-corrected chi connectivity index (χ4v) is 2.83. The monoisotopic (exact) mass is 343 g/mol. The lowest BCUT2D eigenvalue weighted by Gasteiger charge is -2.36. The van der Waals surface area contributed by atoms with Gasteiger partial charge in [0.25, 0.3) is 0 Å². The van der Waals surface area contributed by atoms with Crippen LogP contribution in [0.4, 0.5) is 27.1 Å². The van der Waals surface area contributed by atoms with Crippen LogP contribution in [0, 0.1) is 6.92 Å². The zero-order valence-electron chi connectivity index (χ0n) is 14.4. The molecule has 5 nitrogen and oxygen atoms in total. The van der Waals surface area contributed by atoms with Crippen molar-refractivity contribution in [3.05, 3.63) is 42.0 Å². The average molecular weight is 343 g/mol. The van der Waals surface area contributed by atoms with Crippen molar-refractivity contribution in [2.75, 3.05) is 42.3 Å². The van der Waals surface area contributed by atoms with Crippen LogP contribution in [-0.2, 0) is 4.79 Å². The molecule has 6 heteroatoms. The van der Waals surface area contributed by atoms with Gasteiger partial charge in [0.1, 0.15) is 18.5 Å². The van der Waals surface area contributed by atoms with Crippen LogP contribution < -0.4 is 20.3 Å². The molecule has 2 aromatic carbocycles. The molecule has 1 aliphatic rings. The van der Waals surface area contributed by atoms with Crippen molar-refractivity contribution in [2.24, 2.45) is 0 Å². The summed E-state index contributed by atoms with van der Waals surface area (Å²) in [5.74, 6) is 0.614. The molecule has 0 unspecified atom stereocenters. The van der Waals surface area contributed by atoms with Crippen molar-refractivity contribution < 1.29 is 13.9 Å². The minimum atomic E-state index is -0.714. The summed E-state index contributed by atoms with van der Waals surface area (Å²) in [7, 11) is 1.80. The van der Waals surface area contributed by atoms with Crippen LogP contribution in [0.25, 0.3) is 0 Å². The van der Waals surface area contributed by atoms with Crippen molar-refractivity contribution in [2.45, 2.75) is 13.1 Å². The van der Waals surface area contributed by atoms with Gasteiger partial charge in [-0.2, -0.15) is 0 Å². The maximum Gasteiger partial charge on any atom is 0.157 e. The number of halogens is 1. The Morgan fingerprint density at radius 3 is 2.64 bits per heavy atom. The van der Waals surface area contributed by atoms with E-state index >= 15 is 0 Å². The summed E-state index contributed by atoms with van der Waals surface area (Å²) in [6, 6.07) is 11.7. The van der Waals surface area contributed by atoms with Gasteiger partial charge < -0.3 is 20.3 Å². The van der Waals surface area contributed by atoms with Crippen LogP contribution in [0.3, 0.4) is 0 Å². The maximum absolute atomic E-state index is 13.0. The van der Waals surface area contributed by atoms with E-state index in [0.29, 0.717) is 18.8 Å². The Hall–Kier alpha value is -2.76. The van der Waals surface area contributed by atoms with Crippen LogP contribution in [0.5, 0.6) is 5.75 Å². The lowest BCUT2D eigenvalue weighted by atomic mass is 10.1. The number of aldehydes is 1. The quantitative estimate of drug-likeness (QED) is 0.754. The predicted molar refractivity (Wildman–Crippen MR) is 99.1 cm³/mol. The number of ether oxygens (including phenoxy) is 1. The molecule has 1 saturated heterocycles. The third kappa shape index (κ3) is 3.84. The molecule has 0 radical (unpaired) electrons. The number of hydrogen-bond acceptors (Lipinski definition) is 5. The Balaban J connectivity index is 1.76. The number of carbonyl (C=O) groups excluding carboxylic acids is 1. The number of nitrogens with one attached hydrogen (secondary N) is 2. The number of aryl methyl sites for hydroxylation is 1. The number of alkyl halides is 1. The molecule has 0 amide bonds. The molecule has 0 saturated carbocycles. The van der Waals surface area contributed by atoms with E-state index in [-0.39, 0.29) is 6.61 Å².